The van der Waals surface area contributed by atoms with Crippen molar-refractivity contribution in [2.75, 3.05) is 5.32 Å². The van der Waals surface area contributed by atoms with E-state index in [0.717, 1.165) is 12.1 Å². The van der Waals surface area contributed by atoms with Crippen molar-refractivity contribution < 1.29 is 23.1 Å². The molecule has 0 spiro atoms. The summed E-state index contributed by atoms with van der Waals surface area (Å²) < 4.78 is 36.4. The SMILES string of the molecule is CC(=O)Nc1ccc(C(O)C(F)(F)F)cc1. The number of aliphatic hydroxyl groups is 1. The van der Waals surface area contributed by atoms with Crippen molar-refractivity contribution in [1.82, 2.24) is 0 Å². The van der Waals surface area contributed by atoms with E-state index in [4.69, 9.17) is 5.11 Å². The van der Waals surface area contributed by atoms with Crippen LogP contribution < -0.4 is 5.32 Å². The highest BCUT2D eigenvalue weighted by Gasteiger charge is 2.39. The number of aliphatic hydroxyl groups excluding tert-OH is 1. The molecule has 0 aromatic heterocycles. The molecule has 0 heterocycles. The summed E-state index contributed by atoms with van der Waals surface area (Å²) in [7, 11) is 0. The molecule has 0 aliphatic heterocycles. The van der Waals surface area contributed by atoms with Crippen molar-refractivity contribution in [3.8, 4) is 0 Å². The molecule has 1 amide bonds. The van der Waals surface area contributed by atoms with Gasteiger partial charge in [0.05, 0.1) is 0 Å². The van der Waals surface area contributed by atoms with Gasteiger partial charge in [-0.05, 0) is 17.7 Å². The van der Waals surface area contributed by atoms with Crippen LogP contribution in [0.4, 0.5) is 18.9 Å². The van der Waals surface area contributed by atoms with Crippen molar-refractivity contribution in [2.45, 2.75) is 19.2 Å². The molecule has 6 heteroatoms. The van der Waals surface area contributed by atoms with Gasteiger partial charge in [0.25, 0.3) is 0 Å². The van der Waals surface area contributed by atoms with Crippen molar-refractivity contribution >= 4 is 11.6 Å². The summed E-state index contributed by atoms with van der Waals surface area (Å²) in [5.41, 5.74) is 0.118. The summed E-state index contributed by atoms with van der Waals surface area (Å²) in [5.74, 6) is -0.316. The molecule has 2 N–H and O–H groups in total. The summed E-state index contributed by atoms with van der Waals surface area (Å²) in [6, 6.07) is 4.82. The Morgan fingerprint density at radius 1 is 1.31 bits per heavy atom. The van der Waals surface area contributed by atoms with E-state index in [0.29, 0.717) is 5.69 Å². The largest absolute Gasteiger partial charge is 0.418 e. The summed E-state index contributed by atoms with van der Waals surface area (Å²) in [6.07, 6.45) is -7.19. The zero-order valence-corrected chi connectivity index (χ0v) is 8.38. The van der Waals surface area contributed by atoms with Crippen LogP contribution in [0.5, 0.6) is 0 Å². The van der Waals surface area contributed by atoms with E-state index in [2.05, 4.69) is 5.32 Å². The van der Waals surface area contributed by atoms with Gasteiger partial charge in [0.1, 0.15) is 0 Å². The summed E-state index contributed by atoms with van der Waals surface area (Å²) in [6.45, 7) is 1.29. The highest BCUT2D eigenvalue weighted by atomic mass is 19.4. The topological polar surface area (TPSA) is 49.3 Å². The summed E-state index contributed by atoms with van der Waals surface area (Å²) in [4.78, 5) is 10.7. The molecule has 1 unspecified atom stereocenters. The Balaban J connectivity index is 2.83. The fraction of sp³-hybridized carbons (Fsp3) is 0.300. The van der Waals surface area contributed by atoms with Crippen molar-refractivity contribution in [3.05, 3.63) is 29.8 Å². The number of rotatable bonds is 2. The molecule has 1 rings (SSSR count). The number of hydrogen-bond acceptors (Lipinski definition) is 2. The first-order valence-electron chi connectivity index (χ1n) is 4.43. The third-order valence-electron chi connectivity index (χ3n) is 1.86. The Morgan fingerprint density at radius 3 is 2.19 bits per heavy atom. The monoisotopic (exact) mass is 233 g/mol. The minimum atomic E-state index is -4.68. The molecular formula is C10H10F3NO2. The summed E-state index contributed by atoms with van der Waals surface area (Å²) in [5, 5.41) is 11.3. The van der Waals surface area contributed by atoms with Gasteiger partial charge in [-0.3, -0.25) is 4.79 Å². The quantitative estimate of drug-likeness (QED) is 0.823. The van der Waals surface area contributed by atoms with E-state index < -0.39 is 12.3 Å². The van der Waals surface area contributed by atoms with E-state index in [1.807, 2.05) is 0 Å². The van der Waals surface area contributed by atoms with Gasteiger partial charge in [0, 0.05) is 12.6 Å². The maximum Gasteiger partial charge on any atom is 0.418 e. The lowest BCUT2D eigenvalue weighted by Gasteiger charge is -2.15. The van der Waals surface area contributed by atoms with Crippen molar-refractivity contribution in [1.29, 1.82) is 0 Å². The number of halogens is 3. The highest BCUT2D eigenvalue weighted by molar-refractivity contribution is 5.88. The van der Waals surface area contributed by atoms with E-state index in [-0.39, 0.29) is 11.5 Å². The van der Waals surface area contributed by atoms with Gasteiger partial charge < -0.3 is 10.4 Å². The lowest BCUT2D eigenvalue weighted by molar-refractivity contribution is -0.206. The molecule has 0 saturated heterocycles. The van der Waals surface area contributed by atoms with Crippen LogP contribution in [0.2, 0.25) is 0 Å². The Labute approximate surface area is 89.9 Å². The average Bonchev–Trinajstić information content (AvgIpc) is 2.15. The Kier molecular flexibility index (Phi) is 3.54. The van der Waals surface area contributed by atoms with Crippen LogP contribution in [0.25, 0.3) is 0 Å². The first-order valence-corrected chi connectivity index (χ1v) is 4.43. The normalized spacial score (nSPS) is 13.3. The molecule has 0 fully saturated rings. The third kappa shape index (κ3) is 3.23. The molecule has 3 nitrogen and oxygen atoms in total. The first-order chi connectivity index (χ1) is 7.30. The molecule has 1 aromatic carbocycles. The van der Waals surface area contributed by atoms with E-state index in [1.54, 1.807) is 0 Å². The molecule has 0 aliphatic carbocycles. The van der Waals surface area contributed by atoms with Crippen LogP contribution in [0.3, 0.4) is 0 Å². The zero-order valence-electron chi connectivity index (χ0n) is 8.38. The Hall–Kier alpha value is -1.56. The predicted octanol–water partition coefficient (Wildman–Crippen LogP) is 2.24. The molecule has 88 valence electrons. The first kappa shape index (κ1) is 12.5. The van der Waals surface area contributed by atoms with Gasteiger partial charge in [0.15, 0.2) is 6.10 Å². The van der Waals surface area contributed by atoms with Gasteiger partial charge in [-0.25, -0.2) is 0 Å². The lowest BCUT2D eigenvalue weighted by atomic mass is 10.1. The highest BCUT2D eigenvalue weighted by Crippen LogP contribution is 2.32. The molecule has 0 bridgehead atoms. The molecule has 16 heavy (non-hydrogen) atoms. The fourth-order valence-electron chi connectivity index (χ4n) is 1.14. The van der Waals surface area contributed by atoms with Crippen LogP contribution >= 0.6 is 0 Å². The zero-order chi connectivity index (χ0) is 12.3. The van der Waals surface area contributed by atoms with E-state index in [9.17, 15) is 18.0 Å². The third-order valence-corrected chi connectivity index (χ3v) is 1.86. The maximum atomic E-state index is 12.1. The van der Waals surface area contributed by atoms with Crippen molar-refractivity contribution in [3.63, 3.8) is 0 Å². The minimum absolute atomic E-state index is 0.262. The number of hydrogen-bond donors (Lipinski definition) is 2. The molecule has 0 saturated carbocycles. The van der Waals surface area contributed by atoms with Crippen LogP contribution in [0, 0.1) is 0 Å². The number of carbonyl (C=O) groups excluding carboxylic acids is 1. The molecular weight excluding hydrogens is 223 g/mol. The van der Waals surface area contributed by atoms with E-state index >= 15 is 0 Å². The van der Waals surface area contributed by atoms with Crippen LogP contribution in [0.15, 0.2) is 24.3 Å². The van der Waals surface area contributed by atoms with Crippen LogP contribution in [-0.2, 0) is 4.79 Å². The van der Waals surface area contributed by atoms with Gasteiger partial charge in [-0.2, -0.15) is 13.2 Å². The van der Waals surface area contributed by atoms with E-state index in [1.165, 1.54) is 19.1 Å². The second-order valence-corrected chi connectivity index (χ2v) is 3.25. The van der Waals surface area contributed by atoms with Gasteiger partial charge >= 0.3 is 6.18 Å². The van der Waals surface area contributed by atoms with Gasteiger partial charge in [-0.15, -0.1) is 0 Å². The maximum absolute atomic E-state index is 12.1. The number of benzene rings is 1. The van der Waals surface area contributed by atoms with Crippen LogP contribution in [0.1, 0.15) is 18.6 Å². The Bertz CT molecular complexity index is 373. The molecule has 1 aromatic rings. The smallest absolute Gasteiger partial charge is 0.379 e. The lowest BCUT2D eigenvalue weighted by Crippen LogP contribution is -2.20. The molecule has 1 atom stereocenters. The van der Waals surface area contributed by atoms with Gasteiger partial charge in [0.2, 0.25) is 5.91 Å². The number of anilines is 1. The minimum Gasteiger partial charge on any atom is -0.379 e. The second kappa shape index (κ2) is 4.52. The second-order valence-electron chi connectivity index (χ2n) is 3.25. The summed E-state index contributed by atoms with van der Waals surface area (Å²) >= 11 is 0. The molecule has 0 radical (unpaired) electrons. The predicted molar refractivity (Wildman–Crippen MR) is 51.8 cm³/mol. The van der Waals surface area contributed by atoms with Crippen LogP contribution in [-0.4, -0.2) is 17.2 Å². The average molecular weight is 233 g/mol. The number of alkyl halides is 3. The number of carbonyl (C=O) groups is 1. The van der Waals surface area contributed by atoms with Crippen molar-refractivity contribution in [2.24, 2.45) is 0 Å². The van der Waals surface area contributed by atoms with Gasteiger partial charge in [-0.1, -0.05) is 12.1 Å². The fourth-order valence-corrected chi connectivity index (χ4v) is 1.14. The number of nitrogens with one attached hydrogen (secondary N) is 1. The number of amides is 1. The Morgan fingerprint density at radius 2 is 1.81 bits per heavy atom. The standard InChI is InChI=1S/C10H10F3NO2/c1-6(15)14-8-4-2-7(3-5-8)9(16)10(11,12)13/h2-5,9,16H,1H3,(H,14,15). The molecule has 0 aliphatic rings.